The van der Waals surface area contributed by atoms with Crippen molar-refractivity contribution < 1.29 is 19.1 Å². The van der Waals surface area contributed by atoms with E-state index in [4.69, 9.17) is 14.6 Å². The number of nitrogens with one attached hydrogen (secondary N) is 1. The molecule has 0 saturated carbocycles. The zero-order chi connectivity index (χ0) is 29.4. The first kappa shape index (κ1) is 29.7. The van der Waals surface area contributed by atoms with E-state index in [2.05, 4.69) is 37.5 Å². The van der Waals surface area contributed by atoms with Gasteiger partial charge in [0, 0.05) is 33.6 Å². The van der Waals surface area contributed by atoms with Gasteiger partial charge in [0.05, 0.1) is 28.4 Å². The second-order valence-corrected chi connectivity index (χ2v) is 10.7. The van der Waals surface area contributed by atoms with Crippen LogP contribution in [0.25, 0.3) is 16.9 Å². The average Bonchev–Trinajstić information content (AvgIpc) is 3.43. The molecule has 41 heavy (non-hydrogen) atoms. The minimum absolute atomic E-state index is 0.0360. The maximum Gasteiger partial charge on any atom is 0.337 e. The molecule has 1 aromatic heterocycles. The summed E-state index contributed by atoms with van der Waals surface area (Å²) in [7, 11) is 0. The summed E-state index contributed by atoms with van der Waals surface area (Å²) in [6.07, 6.45) is 5.98. The highest BCUT2D eigenvalue weighted by atomic mass is 32.2. The highest BCUT2D eigenvalue weighted by Gasteiger charge is 2.40. The number of rotatable bonds is 12. The normalized spacial score (nSPS) is 13.5. The van der Waals surface area contributed by atoms with E-state index in [0.29, 0.717) is 33.8 Å². The minimum atomic E-state index is -0.799. The zero-order valence-corrected chi connectivity index (χ0v) is 24.5. The Morgan fingerprint density at radius 1 is 0.951 bits per heavy atom. The van der Waals surface area contributed by atoms with Crippen LogP contribution in [-0.2, 0) is 19.1 Å². The summed E-state index contributed by atoms with van der Waals surface area (Å²) in [5, 5.41) is 8.18. The molecular formula is C33H35N3O4S. The maximum atomic E-state index is 13.5. The lowest BCUT2D eigenvalue weighted by molar-refractivity contribution is -0.138. The van der Waals surface area contributed by atoms with Gasteiger partial charge in [-0.15, -0.1) is 11.8 Å². The molecule has 0 aliphatic carbocycles. The van der Waals surface area contributed by atoms with E-state index >= 15 is 0 Å². The van der Waals surface area contributed by atoms with Crippen LogP contribution in [0.2, 0.25) is 0 Å². The molecule has 8 heteroatoms. The van der Waals surface area contributed by atoms with Crippen molar-refractivity contribution in [2.45, 2.75) is 38.0 Å². The molecule has 7 nitrogen and oxygen atoms in total. The Kier molecular flexibility index (Phi) is 10.0. The number of esters is 2. The molecule has 212 valence electrons. The van der Waals surface area contributed by atoms with Gasteiger partial charge in [-0.2, -0.15) is 5.10 Å². The molecule has 0 fully saturated rings. The third-order valence-electron chi connectivity index (χ3n) is 6.54. The van der Waals surface area contributed by atoms with E-state index in [0.717, 1.165) is 28.3 Å². The number of para-hydroxylation sites is 1. The number of aromatic nitrogens is 2. The van der Waals surface area contributed by atoms with E-state index in [-0.39, 0.29) is 13.2 Å². The smallest absolute Gasteiger partial charge is 0.337 e. The van der Waals surface area contributed by atoms with Gasteiger partial charge in [-0.3, -0.25) is 0 Å². The number of thioether (sulfide) groups is 1. The quantitative estimate of drug-likeness (QED) is 0.147. The van der Waals surface area contributed by atoms with Gasteiger partial charge in [-0.1, -0.05) is 62.6 Å². The number of hydrogen-bond acceptors (Lipinski definition) is 7. The Balaban J connectivity index is 1.94. The average molecular weight is 570 g/mol. The largest absolute Gasteiger partial charge is 0.458 e. The molecule has 1 aliphatic heterocycles. The van der Waals surface area contributed by atoms with Crippen molar-refractivity contribution in [2.24, 2.45) is 0 Å². The number of hydrogen-bond donors (Lipinski definition) is 1. The summed E-state index contributed by atoms with van der Waals surface area (Å²) < 4.78 is 12.8. The van der Waals surface area contributed by atoms with Gasteiger partial charge in [0.15, 0.2) is 0 Å². The summed E-state index contributed by atoms with van der Waals surface area (Å²) in [5.74, 6) is -0.868. The molecule has 1 N–H and O–H groups in total. The number of carbonyl (C=O) groups is 2. The van der Waals surface area contributed by atoms with Gasteiger partial charge in [0.2, 0.25) is 0 Å². The van der Waals surface area contributed by atoms with Crippen LogP contribution in [0.3, 0.4) is 0 Å². The molecule has 0 unspecified atom stereocenters. The van der Waals surface area contributed by atoms with Crippen LogP contribution in [0.4, 0.5) is 0 Å². The Bertz CT molecular complexity index is 1440. The lowest BCUT2D eigenvalue weighted by Crippen LogP contribution is -2.32. The predicted octanol–water partition coefficient (Wildman–Crippen LogP) is 6.73. The van der Waals surface area contributed by atoms with Gasteiger partial charge in [0.1, 0.15) is 13.2 Å². The van der Waals surface area contributed by atoms with Crippen LogP contribution < -0.4 is 5.32 Å². The van der Waals surface area contributed by atoms with Crippen molar-refractivity contribution in [1.82, 2.24) is 15.1 Å². The van der Waals surface area contributed by atoms with Crippen molar-refractivity contribution in [1.29, 1.82) is 0 Å². The lowest BCUT2D eigenvalue weighted by atomic mass is 9.79. The zero-order valence-electron chi connectivity index (χ0n) is 23.7. The molecule has 0 amide bonds. The fraction of sp³-hybridized carbons (Fsp3) is 0.242. The lowest BCUT2D eigenvalue weighted by Gasteiger charge is -2.30. The number of dihydropyridines is 1. The third-order valence-corrected chi connectivity index (χ3v) is 7.76. The summed E-state index contributed by atoms with van der Waals surface area (Å²) in [5.41, 5.74) is 4.84. The second-order valence-electron chi connectivity index (χ2n) is 9.50. The van der Waals surface area contributed by atoms with Crippen LogP contribution in [0.15, 0.2) is 114 Å². The van der Waals surface area contributed by atoms with E-state index in [9.17, 15) is 9.59 Å². The summed E-state index contributed by atoms with van der Waals surface area (Å²) in [6, 6.07) is 17.9. The molecule has 4 rings (SSSR count). The topological polar surface area (TPSA) is 82.5 Å². The van der Waals surface area contributed by atoms with Crippen LogP contribution in [0.5, 0.6) is 0 Å². The molecule has 1 aliphatic rings. The van der Waals surface area contributed by atoms with Crippen molar-refractivity contribution in [2.75, 3.05) is 19.0 Å². The summed E-state index contributed by atoms with van der Waals surface area (Å²) in [4.78, 5) is 28.2. The number of carbonyl (C=O) groups excluding carboxylic acids is 2. The molecule has 3 aromatic rings. The predicted molar refractivity (Wildman–Crippen MR) is 164 cm³/mol. The monoisotopic (exact) mass is 569 g/mol. The number of allylic oxidation sites excluding steroid dienone is 2. The molecule has 2 heterocycles. The Hall–Kier alpha value is -4.30. The van der Waals surface area contributed by atoms with Crippen LogP contribution in [-0.4, -0.2) is 40.7 Å². The first-order chi connectivity index (χ1) is 19.9. The SMILES string of the molecule is C=CCOC(=O)C1=C(C)NC(C)=C(C(=O)OCC=C)C1c1cn(-c2ccccc2)nc1-c1ccc(SCCC)cc1. The van der Waals surface area contributed by atoms with Gasteiger partial charge in [-0.05, 0) is 50.3 Å². The van der Waals surface area contributed by atoms with Crippen molar-refractivity contribution in [3.05, 3.63) is 114 Å². The Morgan fingerprint density at radius 2 is 1.54 bits per heavy atom. The van der Waals surface area contributed by atoms with E-state index < -0.39 is 17.9 Å². The van der Waals surface area contributed by atoms with E-state index in [1.54, 1.807) is 30.3 Å². The van der Waals surface area contributed by atoms with E-state index in [1.165, 1.54) is 12.2 Å². The van der Waals surface area contributed by atoms with Crippen molar-refractivity contribution in [3.63, 3.8) is 0 Å². The Labute approximate surface area is 245 Å². The number of benzene rings is 2. The molecule has 0 saturated heterocycles. The van der Waals surface area contributed by atoms with Gasteiger partial charge in [0.25, 0.3) is 0 Å². The molecule has 0 spiro atoms. The molecular weight excluding hydrogens is 534 g/mol. The number of nitrogens with zero attached hydrogens (tertiary/aromatic N) is 2. The molecule has 0 atom stereocenters. The third kappa shape index (κ3) is 6.72. The minimum Gasteiger partial charge on any atom is -0.458 e. The fourth-order valence-electron chi connectivity index (χ4n) is 4.74. The van der Waals surface area contributed by atoms with Gasteiger partial charge < -0.3 is 14.8 Å². The standard InChI is InChI=1S/C33H35N3O4S/c1-6-18-39-32(37)28-22(4)34-23(5)29(33(38)40-19-7-2)30(28)27-21-36(25-12-10-9-11-13-25)35-31(27)24-14-16-26(17-15-24)41-20-8-3/h6-7,9-17,21,30,34H,1-2,8,18-20H2,3-5H3. The summed E-state index contributed by atoms with van der Waals surface area (Å²) >= 11 is 1.80. The van der Waals surface area contributed by atoms with Gasteiger partial charge >= 0.3 is 11.9 Å². The van der Waals surface area contributed by atoms with Crippen molar-refractivity contribution in [3.8, 4) is 16.9 Å². The maximum absolute atomic E-state index is 13.5. The molecule has 0 radical (unpaired) electrons. The highest BCUT2D eigenvalue weighted by molar-refractivity contribution is 7.99. The second kappa shape index (κ2) is 13.9. The Morgan fingerprint density at radius 3 is 2.07 bits per heavy atom. The number of ether oxygens (including phenoxy) is 2. The fourth-order valence-corrected chi connectivity index (χ4v) is 5.50. The summed E-state index contributed by atoms with van der Waals surface area (Å²) in [6.45, 7) is 13.2. The first-order valence-corrected chi connectivity index (χ1v) is 14.5. The first-order valence-electron chi connectivity index (χ1n) is 13.5. The van der Waals surface area contributed by atoms with Crippen LogP contribution in [0, 0.1) is 0 Å². The molecule has 0 bridgehead atoms. The van der Waals surface area contributed by atoms with Gasteiger partial charge in [-0.25, -0.2) is 14.3 Å². The highest BCUT2D eigenvalue weighted by Crippen LogP contribution is 2.43. The molecule has 2 aromatic carbocycles. The van der Waals surface area contributed by atoms with E-state index in [1.807, 2.05) is 48.7 Å². The van der Waals surface area contributed by atoms with Crippen molar-refractivity contribution >= 4 is 23.7 Å². The van der Waals surface area contributed by atoms with Crippen LogP contribution >= 0.6 is 11.8 Å². The van der Waals surface area contributed by atoms with Crippen LogP contribution in [0.1, 0.15) is 38.7 Å².